The number of hydrogen-bond donors (Lipinski definition) is 0. The molecule has 2 heterocycles. The number of carbonyl (C=O) groups excluding carboxylic acids is 2. The summed E-state index contributed by atoms with van der Waals surface area (Å²) in [5, 5.41) is 8.83. The van der Waals surface area contributed by atoms with Gasteiger partial charge in [-0.3, -0.25) is 14.5 Å². The van der Waals surface area contributed by atoms with Crippen LogP contribution in [0, 0.1) is 11.3 Å². The topological polar surface area (TPSA) is 67.7 Å². The molecule has 2 saturated heterocycles. The van der Waals surface area contributed by atoms with E-state index in [1.165, 1.54) is 0 Å². The van der Waals surface area contributed by atoms with Crippen molar-refractivity contribution in [2.75, 3.05) is 39.3 Å². The van der Waals surface area contributed by atoms with E-state index in [9.17, 15) is 22.8 Å². The highest BCUT2D eigenvalue weighted by Gasteiger charge is 2.40. The van der Waals surface area contributed by atoms with E-state index in [0.717, 1.165) is 4.90 Å². The monoisotopic (exact) mass is 394 g/mol. The van der Waals surface area contributed by atoms with Crippen LogP contribution >= 0.6 is 0 Å². The zero-order valence-corrected chi connectivity index (χ0v) is 15.3. The van der Waals surface area contributed by atoms with E-state index in [4.69, 9.17) is 5.26 Å². The molecule has 2 aliphatic rings. The standard InChI is InChI=1S/C19H21F3N4O2/c20-19(21,22)13-26-7-1-2-16(18(26)28)24-8-10-25(11-9-24)17(27)15-5-3-14(12-23)4-6-15/h3-6,16H,1-2,7-11,13H2/t16-/m1/s1. The number of nitrogens with zero attached hydrogens (tertiary/aromatic N) is 4. The molecule has 2 fully saturated rings. The molecule has 1 atom stereocenters. The van der Waals surface area contributed by atoms with Crippen LogP contribution in [-0.2, 0) is 4.79 Å². The Morgan fingerprint density at radius 3 is 2.32 bits per heavy atom. The summed E-state index contributed by atoms with van der Waals surface area (Å²) in [5.41, 5.74) is 0.957. The summed E-state index contributed by atoms with van der Waals surface area (Å²) in [7, 11) is 0. The van der Waals surface area contributed by atoms with Gasteiger partial charge in [0.2, 0.25) is 5.91 Å². The van der Waals surface area contributed by atoms with Crippen LogP contribution in [-0.4, -0.2) is 78.0 Å². The Labute approximate surface area is 161 Å². The lowest BCUT2D eigenvalue weighted by molar-refractivity contribution is -0.168. The van der Waals surface area contributed by atoms with Crippen molar-refractivity contribution >= 4 is 11.8 Å². The molecule has 1 aromatic rings. The van der Waals surface area contributed by atoms with Gasteiger partial charge in [-0.15, -0.1) is 0 Å². The van der Waals surface area contributed by atoms with Crippen molar-refractivity contribution in [1.29, 1.82) is 5.26 Å². The fourth-order valence-corrected chi connectivity index (χ4v) is 3.74. The molecule has 0 saturated carbocycles. The average Bonchev–Trinajstić information content (AvgIpc) is 2.68. The maximum Gasteiger partial charge on any atom is 0.406 e. The molecular weight excluding hydrogens is 373 g/mol. The van der Waals surface area contributed by atoms with Gasteiger partial charge in [-0.05, 0) is 37.1 Å². The first-order valence-corrected chi connectivity index (χ1v) is 9.17. The second-order valence-electron chi connectivity index (χ2n) is 7.05. The lowest BCUT2D eigenvalue weighted by Gasteiger charge is -2.42. The molecule has 0 unspecified atom stereocenters. The summed E-state index contributed by atoms with van der Waals surface area (Å²) in [6.45, 7) is 0.617. The highest BCUT2D eigenvalue weighted by Crippen LogP contribution is 2.24. The number of nitriles is 1. The lowest BCUT2D eigenvalue weighted by Crippen LogP contribution is -2.59. The first kappa shape index (κ1) is 20.1. The van der Waals surface area contributed by atoms with Crippen LogP contribution in [0.5, 0.6) is 0 Å². The van der Waals surface area contributed by atoms with Gasteiger partial charge in [-0.25, -0.2) is 0 Å². The molecule has 150 valence electrons. The van der Waals surface area contributed by atoms with Crippen molar-refractivity contribution < 1.29 is 22.8 Å². The molecule has 0 radical (unpaired) electrons. The zero-order chi connectivity index (χ0) is 20.3. The molecule has 1 aromatic carbocycles. The third kappa shape index (κ3) is 4.62. The molecule has 9 heteroatoms. The second kappa shape index (κ2) is 8.19. The summed E-state index contributed by atoms with van der Waals surface area (Å²) in [6, 6.07) is 7.82. The second-order valence-corrected chi connectivity index (χ2v) is 7.05. The number of alkyl halides is 3. The van der Waals surface area contributed by atoms with Gasteiger partial charge >= 0.3 is 6.18 Å². The van der Waals surface area contributed by atoms with Gasteiger partial charge in [0.05, 0.1) is 17.7 Å². The Bertz CT molecular complexity index is 765. The zero-order valence-electron chi connectivity index (χ0n) is 15.3. The average molecular weight is 394 g/mol. The van der Waals surface area contributed by atoms with E-state index in [1.54, 1.807) is 29.2 Å². The number of piperidine rings is 1. The number of hydrogen-bond acceptors (Lipinski definition) is 4. The Morgan fingerprint density at radius 2 is 1.75 bits per heavy atom. The van der Waals surface area contributed by atoms with E-state index in [-0.39, 0.29) is 12.5 Å². The molecule has 3 rings (SSSR count). The van der Waals surface area contributed by atoms with Crippen molar-refractivity contribution in [3.63, 3.8) is 0 Å². The SMILES string of the molecule is N#Cc1ccc(C(=O)N2CCN([C@@H]3CCCN(CC(F)(F)F)C3=O)CC2)cc1. The van der Waals surface area contributed by atoms with Gasteiger partial charge in [-0.2, -0.15) is 18.4 Å². The predicted octanol–water partition coefficient (Wildman–Crippen LogP) is 1.87. The molecular formula is C19H21F3N4O2. The third-order valence-corrected chi connectivity index (χ3v) is 5.18. The van der Waals surface area contributed by atoms with E-state index in [1.807, 2.05) is 11.0 Å². The number of halogens is 3. The van der Waals surface area contributed by atoms with E-state index in [2.05, 4.69) is 0 Å². The molecule has 28 heavy (non-hydrogen) atoms. The number of piperazine rings is 1. The van der Waals surface area contributed by atoms with Crippen molar-refractivity contribution in [3.8, 4) is 6.07 Å². The van der Waals surface area contributed by atoms with Crippen LogP contribution < -0.4 is 0 Å². The summed E-state index contributed by atoms with van der Waals surface area (Å²) in [5.74, 6) is -0.631. The quantitative estimate of drug-likeness (QED) is 0.785. The Morgan fingerprint density at radius 1 is 1.11 bits per heavy atom. The summed E-state index contributed by atoms with van der Waals surface area (Å²) < 4.78 is 38.0. The van der Waals surface area contributed by atoms with Crippen molar-refractivity contribution in [2.45, 2.75) is 25.1 Å². The van der Waals surface area contributed by atoms with Crippen LogP contribution in [0.3, 0.4) is 0 Å². The molecule has 0 spiro atoms. The van der Waals surface area contributed by atoms with Crippen molar-refractivity contribution in [2.24, 2.45) is 0 Å². The normalized spacial score (nSPS) is 21.5. The number of likely N-dealkylation sites (tertiary alicyclic amines) is 1. The summed E-state index contributed by atoms with van der Waals surface area (Å²) in [4.78, 5) is 29.5. The fraction of sp³-hybridized carbons (Fsp3) is 0.526. The van der Waals surface area contributed by atoms with Crippen molar-refractivity contribution in [1.82, 2.24) is 14.7 Å². The molecule has 2 amide bonds. The summed E-state index contributed by atoms with van der Waals surface area (Å²) in [6.07, 6.45) is -3.32. The van der Waals surface area contributed by atoms with Gasteiger partial charge < -0.3 is 9.80 Å². The van der Waals surface area contributed by atoms with Gasteiger partial charge in [0.1, 0.15) is 6.54 Å². The predicted molar refractivity (Wildman–Crippen MR) is 94.3 cm³/mol. The van der Waals surface area contributed by atoms with Gasteiger partial charge in [-0.1, -0.05) is 0 Å². The Balaban J connectivity index is 1.57. The minimum Gasteiger partial charge on any atom is -0.336 e. The van der Waals surface area contributed by atoms with Crippen LogP contribution in [0.25, 0.3) is 0 Å². The molecule has 0 aromatic heterocycles. The summed E-state index contributed by atoms with van der Waals surface area (Å²) >= 11 is 0. The smallest absolute Gasteiger partial charge is 0.336 e. The van der Waals surface area contributed by atoms with Crippen LogP contribution in [0.1, 0.15) is 28.8 Å². The highest BCUT2D eigenvalue weighted by atomic mass is 19.4. The maximum atomic E-state index is 12.7. The largest absolute Gasteiger partial charge is 0.406 e. The molecule has 0 aliphatic carbocycles. The lowest BCUT2D eigenvalue weighted by atomic mass is 10.0. The molecule has 0 bridgehead atoms. The maximum absolute atomic E-state index is 12.7. The van der Waals surface area contributed by atoms with E-state index < -0.39 is 24.7 Å². The number of carbonyl (C=O) groups is 2. The van der Waals surface area contributed by atoms with Crippen LogP contribution in [0.2, 0.25) is 0 Å². The van der Waals surface area contributed by atoms with E-state index >= 15 is 0 Å². The highest BCUT2D eigenvalue weighted by molar-refractivity contribution is 5.94. The van der Waals surface area contributed by atoms with E-state index in [0.29, 0.717) is 50.1 Å². The minimum atomic E-state index is -4.40. The third-order valence-electron chi connectivity index (χ3n) is 5.18. The minimum absolute atomic E-state index is 0.131. The first-order chi connectivity index (χ1) is 13.3. The molecule has 2 aliphatic heterocycles. The van der Waals surface area contributed by atoms with Gasteiger partial charge in [0.25, 0.3) is 5.91 Å². The van der Waals surface area contributed by atoms with Crippen LogP contribution in [0.15, 0.2) is 24.3 Å². The number of amides is 2. The van der Waals surface area contributed by atoms with Gasteiger partial charge in [0.15, 0.2) is 0 Å². The molecule has 6 nitrogen and oxygen atoms in total. The first-order valence-electron chi connectivity index (χ1n) is 9.17. The van der Waals surface area contributed by atoms with Crippen molar-refractivity contribution in [3.05, 3.63) is 35.4 Å². The number of benzene rings is 1. The Hall–Kier alpha value is -2.60. The van der Waals surface area contributed by atoms with Gasteiger partial charge in [0, 0.05) is 38.3 Å². The molecule has 0 N–H and O–H groups in total. The van der Waals surface area contributed by atoms with Crippen LogP contribution in [0.4, 0.5) is 13.2 Å². The number of rotatable bonds is 3. The Kier molecular flexibility index (Phi) is 5.89. The fourth-order valence-electron chi connectivity index (χ4n) is 3.74.